The molecule has 1 heterocycles. The molecule has 1 aromatic rings. The Morgan fingerprint density at radius 3 is 2.61 bits per heavy atom. The zero-order valence-electron chi connectivity index (χ0n) is 13.3. The van der Waals surface area contributed by atoms with Crippen molar-refractivity contribution in [3.8, 4) is 5.75 Å². The van der Waals surface area contributed by atoms with Gasteiger partial charge in [-0.05, 0) is 51.2 Å². The number of ether oxygens (including phenoxy) is 1. The average molecular weight is 330 g/mol. The largest absolute Gasteiger partial charge is 0.484 e. The average Bonchev–Trinajstić information content (AvgIpc) is 2.52. The van der Waals surface area contributed by atoms with Crippen molar-refractivity contribution in [3.05, 3.63) is 29.8 Å². The van der Waals surface area contributed by atoms with Crippen LogP contribution in [0.15, 0.2) is 24.3 Å². The summed E-state index contributed by atoms with van der Waals surface area (Å²) >= 11 is 0. The lowest BCUT2D eigenvalue weighted by Gasteiger charge is -2.35. The Morgan fingerprint density at radius 1 is 1.35 bits per heavy atom. The number of rotatable bonds is 4. The highest BCUT2D eigenvalue weighted by Gasteiger charge is 2.29. The summed E-state index contributed by atoms with van der Waals surface area (Å²) in [6.45, 7) is 0.490. The van der Waals surface area contributed by atoms with E-state index in [2.05, 4.69) is 4.90 Å². The lowest BCUT2D eigenvalue weighted by molar-refractivity contribution is -0.153. The van der Waals surface area contributed by atoms with Gasteiger partial charge in [0.15, 0.2) is 6.61 Å². The molecule has 0 aliphatic carbocycles. The highest BCUT2D eigenvalue weighted by molar-refractivity contribution is 5.94. The number of halogens is 3. The number of benzene rings is 1. The van der Waals surface area contributed by atoms with Crippen LogP contribution in [-0.2, 0) is 0 Å². The van der Waals surface area contributed by atoms with E-state index in [0.717, 1.165) is 25.9 Å². The van der Waals surface area contributed by atoms with Gasteiger partial charge in [0.25, 0.3) is 5.91 Å². The number of piperidine rings is 1. The second kappa shape index (κ2) is 7.21. The van der Waals surface area contributed by atoms with Gasteiger partial charge in [-0.1, -0.05) is 6.07 Å². The molecule has 0 bridgehead atoms. The van der Waals surface area contributed by atoms with E-state index in [1.165, 1.54) is 18.2 Å². The molecule has 2 rings (SSSR count). The molecule has 4 nitrogen and oxygen atoms in total. The first-order valence-electron chi connectivity index (χ1n) is 7.51. The van der Waals surface area contributed by atoms with Crippen molar-refractivity contribution in [1.82, 2.24) is 9.80 Å². The van der Waals surface area contributed by atoms with Gasteiger partial charge in [-0.3, -0.25) is 4.79 Å². The summed E-state index contributed by atoms with van der Waals surface area (Å²) in [6, 6.07) is 6.05. The molecule has 1 fully saturated rings. The van der Waals surface area contributed by atoms with E-state index in [1.54, 1.807) is 18.0 Å². The lowest BCUT2D eigenvalue weighted by atomic mass is 10.0. The maximum absolute atomic E-state index is 12.5. The molecule has 0 atom stereocenters. The van der Waals surface area contributed by atoms with E-state index < -0.39 is 12.8 Å². The van der Waals surface area contributed by atoms with Crippen LogP contribution < -0.4 is 4.74 Å². The van der Waals surface area contributed by atoms with Crippen LogP contribution >= 0.6 is 0 Å². The van der Waals surface area contributed by atoms with Gasteiger partial charge in [0.1, 0.15) is 5.75 Å². The van der Waals surface area contributed by atoms with E-state index in [4.69, 9.17) is 4.74 Å². The van der Waals surface area contributed by atoms with Gasteiger partial charge in [0.2, 0.25) is 0 Å². The summed E-state index contributed by atoms with van der Waals surface area (Å²) in [6.07, 6.45) is -2.61. The summed E-state index contributed by atoms with van der Waals surface area (Å²) in [5.41, 5.74) is 0.339. The van der Waals surface area contributed by atoms with Crippen LogP contribution in [0, 0.1) is 0 Å². The van der Waals surface area contributed by atoms with Crippen LogP contribution in [0.4, 0.5) is 13.2 Å². The molecular weight excluding hydrogens is 309 g/mol. The summed E-state index contributed by atoms with van der Waals surface area (Å²) in [4.78, 5) is 16.4. The van der Waals surface area contributed by atoms with Crippen molar-refractivity contribution in [3.63, 3.8) is 0 Å². The SMILES string of the molecule is CN1CCC(N(C)C(=O)c2cccc(OCC(F)(F)F)c2)CC1. The van der Waals surface area contributed by atoms with Crippen molar-refractivity contribution in [2.75, 3.05) is 33.8 Å². The summed E-state index contributed by atoms with van der Waals surface area (Å²) in [7, 11) is 3.78. The molecule has 0 spiro atoms. The number of hydrogen-bond acceptors (Lipinski definition) is 3. The summed E-state index contributed by atoms with van der Waals surface area (Å²) in [5, 5.41) is 0. The molecule has 0 saturated carbocycles. The molecule has 0 radical (unpaired) electrons. The van der Waals surface area contributed by atoms with Crippen LogP contribution in [0.1, 0.15) is 23.2 Å². The number of hydrogen-bond donors (Lipinski definition) is 0. The molecule has 7 heteroatoms. The summed E-state index contributed by atoms with van der Waals surface area (Å²) in [5.74, 6) is -0.151. The van der Waals surface area contributed by atoms with Crippen LogP contribution in [-0.4, -0.2) is 61.7 Å². The fraction of sp³-hybridized carbons (Fsp3) is 0.562. The fourth-order valence-electron chi connectivity index (χ4n) is 2.64. The van der Waals surface area contributed by atoms with E-state index in [9.17, 15) is 18.0 Å². The van der Waals surface area contributed by atoms with Crippen LogP contribution in [0.2, 0.25) is 0 Å². The molecular formula is C16H21F3N2O2. The molecule has 1 aromatic carbocycles. The number of carbonyl (C=O) groups excluding carboxylic acids is 1. The molecule has 1 aliphatic rings. The third-order valence-corrected chi connectivity index (χ3v) is 4.04. The van der Waals surface area contributed by atoms with Gasteiger partial charge >= 0.3 is 6.18 Å². The smallest absolute Gasteiger partial charge is 0.422 e. The van der Waals surface area contributed by atoms with Crippen molar-refractivity contribution in [2.45, 2.75) is 25.1 Å². The van der Waals surface area contributed by atoms with Crippen LogP contribution in [0.3, 0.4) is 0 Å². The standard InChI is InChI=1S/C16H21F3N2O2/c1-20-8-6-13(7-9-20)21(2)15(22)12-4-3-5-14(10-12)23-11-16(17,18)19/h3-5,10,13H,6-9,11H2,1-2H3. The fourth-order valence-corrected chi connectivity index (χ4v) is 2.64. The van der Waals surface area contributed by atoms with Gasteiger partial charge in [0.05, 0.1) is 0 Å². The predicted molar refractivity (Wildman–Crippen MR) is 80.6 cm³/mol. The number of nitrogens with zero attached hydrogens (tertiary/aromatic N) is 2. The Kier molecular flexibility index (Phi) is 5.51. The Morgan fingerprint density at radius 2 is 2.00 bits per heavy atom. The Labute approximate surface area is 133 Å². The van der Waals surface area contributed by atoms with Crippen LogP contribution in [0.25, 0.3) is 0 Å². The maximum Gasteiger partial charge on any atom is 0.422 e. The minimum Gasteiger partial charge on any atom is -0.484 e. The number of alkyl halides is 3. The van der Waals surface area contributed by atoms with E-state index in [-0.39, 0.29) is 17.7 Å². The monoisotopic (exact) mass is 330 g/mol. The van der Waals surface area contributed by atoms with Crippen molar-refractivity contribution < 1.29 is 22.7 Å². The van der Waals surface area contributed by atoms with Crippen molar-refractivity contribution in [2.24, 2.45) is 0 Å². The van der Waals surface area contributed by atoms with Gasteiger partial charge in [-0.2, -0.15) is 13.2 Å². The van der Waals surface area contributed by atoms with E-state index >= 15 is 0 Å². The highest BCUT2D eigenvalue weighted by Crippen LogP contribution is 2.21. The van der Waals surface area contributed by atoms with Gasteiger partial charge in [0, 0.05) is 18.7 Å². The molecule has 1 amide bonds. The quantitative estimate of drug-likeness (QED) is 0.851. The second-order valence-corrected chi connectivity index (χ2v) is 5.88. The minimum atomic E-state index is -4.40. The van der Waals surface area contributed by atoms with Gasteiger partial charge < -0.3 is 14.5 Å². The Balaban J connectivity index is 2.01. The first-order valence-corrected chi connectivity index (χ1v) is 7.51. The van der Waals surface area contributed by atoms with E-state index in [1.807, 2.05) is 7.05 Å². The topological polar surface area (TPSA) is 32.8 Å². The molecule has 1 aliphatic heterocycles. The summed E-state index contributed by atoms with van der Waals surface area (Å²) < 4.78 is 41.3. The third-order valence-electron chi connectivity index (χ3n) is 4.04. The molecule has 23 heavy (non-hydrogen) atoms. The number of amides is 1. The first-order chi connectivity index (χ1) is 10.8. The Bertz CT molecular complexity index is 540. The zero-order chi connectivity index (χ0) is 17.0. The third kappa shape index (κ3) is 5.13. The van der Waals surface area contributed by atoms with Crippen molar-refractivity contribution >= 4 is 5.91 Å². The molecule has 0 aromatic heterocycles. The highest BCUT2D eigenvalue weighted by atomic mass is 19.4. The maximum atomic E-state index is 12.5. The lowest BCUT2D eigenvalue weighted by Crippen LogP contribution is -2.44. The van der Waals surface area contributed by atoms with Crippen LogP contribution in [0.5, 0.6) is 5.75 Å². The minimum absolute atomic E-state index is 0.0463. The Hall–Kier alpha value is -1.76. The first kappa shape index (κ1) is 17.6. The van der Waals surface area contributed by atoms with Crippen molar-refractivity contribution in [1.29, 1.82) is 0 Å². The second-order valence-electron chi connectivity index (χ2n) is 5.88. The molecule has 0 N–H and O–H groups in total. The van der Waals surface area contributed by atoms with E-state index in [0.29, 0.717) is 5.56 Å². The number of likely N-dealkylation sites (tertiary alicyclic amines) is 1. The molecule has 1 saturated heterocycles. The molecule has 0 unspecified atom stereocenters. The predicted octanol–water partition coefficient (Wildman–Crippen LogP) is 2.79. The molecule has 128 valence electrons. The zero-order valence-corrected chi connectivity index (χ0v) is 13.3. The van der Waals surface area contributed by atoms with Gasteiger partial charge in [-0.15, -0.1) is 0 Å². The normalized spacial score (nSPS) is 17.1. The number of carbonyl (C=O) groups is 1. The van der Waals surface area contributed by atoms with Gasteiger partial charge in [-0.25, -0.2) is 0 Å².